The average Bonchev–Trinajstić information content (AvgIpc) is 3.35. The summed E-state index contributed by atoms with van der Waals surface area (Å²) in [4.78, 5) is 5.14. The van der Waals surface area contributed by atoms with E-state index in [2.05, 4.69) is 89.0 Å². The molecule has 36 heavy (non-hydrogen) atoms. The largest absolute Gasteiger partial charge is 0.497 e. The number of piperazine rings is 1. The fraction of sp³-hybridized carbons (Fsp3) is 0.323. The molecular formula is C31H36N4O. The summed E-state index contributed by atoms with van der Waals surface area (Å²) in [5, 5.41) is 5.01. The van der Waals surface area contributed by atoms with Crippen LogP contribution in [0.1, 0.15) is 23.2 Å². The van der Waals surface area contributed by atoms with Gasteiger partial charge >= 0.3 is 0 Å². The van der Waals surface area contributed by atoms with Gasteiger partial charge in [-0.2, -0.15) is 5.10 Å². The van der Waals surface area contributed by atoms with Crippen LogP contribution in [0, 0.1) is 13.8 Å². The summed E-state index contributed by atoms with van der Waals surface area (Å²) in [6.45, 7) is 9.96. The highest BCUT2D eigenvalue weighted by molar-refractivity contribution is 5.63. The molecule has 0 atom stereocenters. The van der Waals surface area contributed by atoms with Gasteiger partial charge in [-0.1, -0.05) is 30.3 Å². The van der Waals surface area contributed by atoms with Gasteiger partial charge in [-0.05, 0) is 92.9 Å². The Morgan fingerprint density at radius 1 is 0.833 bits per heavy atom. The minimum absolute atomic E-state index is 0.863. The molecule has 0 aliphatic carbocycles. The molecule has 0 radical (unpaired) electrons. The van der Waals surface area contributed by atoms with Crippen LogP contribution in [0.15, 0.2) is 78.9 Å². The van der Waals surface area contributed by atoms with E-state index in [1.54, 1.807) is 7.11 Å². The summed E-state index contributed by atoms with van der Waals surface area (Å²) in [6.07, 6.45) is 2.08. The number of nitrogens with zero attached hydrogens (tertiary/aromatic N) is 4. The highest BCUT2D eigenvalue weighted by Crippen LogP contribution is 2.27. The number of anilines is 1. The van der Waals surface area contributed by atoms with Crippen LogP contribution in [-0.2, 0) is 6.42 Å². The van der Waals surface area contributed by atoms with Gasteiger partial charge in [0.2, 0.25) is 0 Å². The first-order chi connectivity index (χ1) is 17.6. The van der Waals surface area contributed by atoms with E-state index in [9.17, 15) is 0 Å². The van der Waals surface area contributed by atoms with Crippen LogP contribution >= 0.6 is 0 Å². The van der Waals surface area contributed by atoms with Crippen LogP contribution in [0.3, 0.4) is 0 Å². The first-order valence-electron chi connectivity index (χ1n) is 12.9. The van der Waals surface area contributed by atoms with Crippen LogP contribution in [0.2, 0.25) is 0 Å². The molecule has 1 aliphatic heterocycles. The lowest BCUT2D eigenvalue weighted by Crippen LogP contribution is -2.47. The normalized spacial score (nSPS) is 14.2. The molecule has 0 unspecified atom stereocenters. The summed E-state index contributed by atoms with van der Waals surface area (Å²) in [5.74, 6) is 0.863. The lowest BCUT2D eigenvalue weighted by molar-refractivity contribution is 0.254. The highest BCUT2D eigenvalue weighted by Gasteiger charge is 2.19. The van der Waals surface area contributed by atoms with Crippen molar-refractivity contribution in [2.24, 2.45) is 0 Å². The van der Waals surface area contributed by atoms with Crippen molar-refractivity contribution in [3.8, 4) is 22.7 Å². The summed E-state index contributed by atoms with van der Waals surface area (Å²) >= 11 is 0. The lowest BCUT2D eigenvalue weighted by atomic mass is 10.1. The smallest absolute Gasteiger partial charge is 0.118 e. The monoisotopic (exact) mass is 480 g/mol. The van der Waals surface area contributed by atoms with E-state index in [0.717, 1.165) is 74.0 Å². The van der Waals surface area contributed by atoms with E-state index in [1.807, 2.05) is 18.2 Å². The van der Waals surface area contributed by atoms with Crippen molar-refractivity contribution in [2.75, 3.05) is 44.7 Å². The van der Waals surface area contributed by atoms with Gasteiger partial charge in [-0.15, -0.1) is 0 Å². The molecular weight excluding hydrogens is 444 g/mol. The van der Waals surface area contributed by atoms with E-state index in [-0.39, 0.29) is 0 Å². The number of rotatable bonds is 8. The molecule has 1 saturated heterocycles. The molecule has 186 valence electrons. The first-order valence-corrected chi connectivity index (χ1v) is 12.9. The van der Waals surface area contributed by atoms with E-state index in [4.69, 9.17) is 9.84 Å². The standard InChI is InChI=1S/C31H36N4O/c1-24-9-7-13-30(25(24)2)34-21-19-33(20-22-34)18-8-10-27-23-31(26-14-16-29(36-3)17-15-26)35(32-27)28-11-5-4-6-12-28/h4-7,9,11-17,23H,8,10,18-22H2,1-3H3. The van der Waals surface area contributed by atoms with Gasteiger partial charge in [-0.3, -0.25) is 4.90 Å². The van der Waals surface area contributed by atoms with Gasteiger partial charge in [-0.25, -0.2) is 4.68 Å². The highest BCUT2D eigenvalue weighted by atomic mass is 16.5. The third-order valence-electron chi connectivity index (χ3n) is 7.34. The van der Waals surface area contributed by atoms with Crippen molar-refractivity contribution < 1.29 is 4.74 Å². The Kier molecular flexibility index (Phi) is 7.38. The minimum Gasteiger partial charge on any atom is -0.497 e. The maximum Gasteiger partial charge on any atom is 0.118 e. The molecule has 0 N–H and O–H groups in total. The van der Waals surface area contributed by atoms with Gasteiger partial charge in [0.1, 0.15) is 5.75 Å². The molecule has 0 spiro atoms. The third kappa shape index (κ3) is 5.31. The second-order valence-electron chi connectivity index (χ2n) is 9.65. The zero-order valence-electron chi connectivity index (χ0n) is 21.7. The number of aromatic nitrogens is 2. The molecule has 5 heteroatoms. The second-order valence-corrected chi connectivity index (χ2v) is 9.65. The number of ether oxygens (including phenoxy) is 1. The SMILES string of the molecule is COc1ccc(-c2cc(CCCN3CCN(c4cccc(C)c4C)CC3)nn2-c2ccccc2)cc1. The Bertz CT molecular complexity index is 1270. The van der Waals surface area contributed by atoms with Crippen molar-refractivity contribution in [3.63, 3.8) is 0 Å². The summed E-state index contributed by atoms with van der Waals surface area (Å²) in [7, 11) is 1.70. The van der Waals surface area contributed by atoms with Gasteiger partial charge in [0, 0.05) is 37.4 Å². The first kappa shape index (κ1) is 24.1. The molecule has 0 bridgehead atoms. The average molecular weight is 481 g/mol. The predicted molar refractivity (Wildman–Crippen MR) is 148 cm³/mol. The van der Waals surface area contributed by atoms with Crippen molar-refractivity contribution >= 4 is 5.69 Å². The van der Waals surface area contributed by atoms with Crippen molar-refractivity contribution in [3.05, 3.63) is 95.7 Å². The summed E-state index contributed by atoms with van der Waals surface area (Å²) in [5.41, 5.74) is 8.65. The Labute approximate surface area is 214 Å². The van der Waals surface area contributed by atoms with Crippen LogP contribution in [0.25, 0.3) is 16.9 Å². The Morgan fingerprint density at radius 2 is 1.58 bits per heavy atom. The molecule has 3 aromatic carbocycles. The van der Waals surface area contributed by atoms with Crippen molar-refractivity contribution in [1.82, 2.24) is 14.7 Å². The number of benzene rings is 3. The van der Waals surface area contributed by atoms with E-state index in [1.165, 1.54) is 16.8 Å². The van der Waals surface area contributed by atoms with Crippen LogP contribution in [0.4, 0.5) is 5.69 Å². The fourth-order valence-corrected chi connectivity index (χ4v) is 5.06. The van der Waals surface area contributed by atoms with Crippen LogP contribution in [-0.4, -0.2) is 54.5 Å². The van der Waals surface area contributed by atoms with E-state index >= 15 is 0 Å². The summed E-state index contributed by atoms with van der Waals surface area (Å²) in [6, 6.07) is 27.5. The predicted octanol–water partition coefficient (Wildman–Crippen LogP) is 5.92. The van der Waals surface area contributed by atoms with Crippen molar-refractivity contribution in [1.29, 1.82) is 0 Å². The van der Waals surface area contributed by atoms with Gasteiger partial charge in [0.15, 0.2) is 0 Å². The lowest BCUT2D eigenvalue weighted by Gasteiger charge is -2.37. The van der Waals surface area contributed by atoms with Crippen LogP contribution < -0.4 is 9.64 Å². The number of hydrogen-bond donors (Lipinski definition) is 0. The molecule has 1 aliphatic rings. The number of aryl methyl sites for hydroxylation is 2. The molecule has 2 heterocycles. The Morgan fingerprint density at radius 3 is 2.31 bits per heavy atom. The van der Waals surface area contributed by atoms with E-state index < -0.39 is 0 Å². The molecule has 0 saturated carbocycles. The zero-order valence-corrected chi connectivity index (χ0v) is 21.7. The number of methoxy groups -OCH3 is 1. The Balaban J connectivity index is 1.22. The maximum absolute atomic E-state index is 5.35. The third-order valence-corrected chi connectivity index (χ3v) is 7.34. The fourth-order valence-electron chi connectivity index (χ4n) is 5.06. The quantitative estimate of drug-likeness (QED) is 0.313. The Hall–Kier alpha value is -3.57. The number of hydrogen-bond acceptors (Lipinski definition) is 4. The second kappa shape index (κ2) is 11.0. The van der Waals surface area contributed by atoms with Gasteiger partial charge in [0.05, 0.1) is 24.2 Å². The molecule has 1 fully saturated rings. The zero-order chi connectivity index (χ0) is 24.9. The molecule has 4 aromatic rings. The molecule has 5 nitrogen and oxygen atoms in total. The van der Waals surface area contributed by atoms with E-state index in [0.29, 0.717) is 0 Å². The summed E-state index contributed by atoms with van der Waals surface area (Å²) < 4.78 is 7.42. The molecule has 1 aromatic heterocycles. The maximum atomic E-state index is 5.35. The molecule has 0 amide bonds. The van der Waals surface area contributed by atoms with Crippen molar-refractivity contribution in [2.45, 2.75) is 26.7 Å². The minimum atomic E-state index is 0.863. The molecule has 5 rings (SSSR count). The topological polar surface area (TPSA) is 33.5 Å². The number of para-hydroxylation sites is 1. The van der Waals surface area contributed by atoms with Gasteiger partial charge in [0.25, 0.3) is 0 Å². The van der Waals surface area contributed by atoms with Crippen LogP contribution in [0.5, 0.6) is 5.75 Å². The van der Waals surface area contributed by atoms with Gasteiger partial charge < -0.3 is 9.64 Å².